The molecule has 0 spiro atoms. The third-order valence-electron chi connectivity index (χ3n) is 15.4. The van der Waals surface area contributed by atoms with Crippen LogP contribution in [0.2, 0.25) is 0 Å². The number of carbonyl (C=O) groups is 3. The molecule has 0 aromatic heterocycles. The predicted octanol–water partition coefficient (Wildman–Crippen LogP) is 24.2. The Balaban J connectivity index is 4.18. The van der Waals surface area contributed by atoms with Crippen molar-refractivity contribution in [2.24, 2.45) is 0 Å². The quantitative estimate of drug-likeness (QED) is 0.0261. The van der Waals surface area contributed by atoms with Gasteiger partial charge >= 0.3 is 17.9 Å². The molecule has 0 amide bonds. The summed E-state index contributed by atoms with van der Waals surface area (Å²) in [5, 5.41) is 0. The number of allylic oxidation sites excluding steroid dienone is 14. The summed E-state index contributed by atoms with van der Waals surface area (Å²) in [5.74, 6) is -0.854. The van der Waals surface area contributed by atoms with Gasteiger partial charge in [0.1, 0.15) is 13.2 Å². The second-order valence-corrected chi connectivity index (χ2v) is 23.4. The van der Waals surface area contributed by atoms with Gasteiger partial charge in [-0.2, -0.15) is 0 Å². The fourth-order valence-corrected chi connectivity index (χ4v) is 10.2. The molecule has 6 nitrogen and oxygen atoms in total. The van der Waals surface area contributed by atoms with E-state index >= 15 is 0 Å². The number of hydrogen-bond acceptors (Lipinski definition) is 6. The molecule has 468 valence electrons. The zero-order valence-electron chi connectivity index (χ0n) is 53.8. The number of rotatable bonds is 64. The molecule has 0 fully saturated rings. The summed E-state index contributed by atoms with van der Waals surface area (Å²) in [5.41, 5.74) is 0. The van der Waals surface area contributed by atoms with Crippen LogP contribution in [-0.2, 0) is 28.6 Å². The molecule has 81 heavy (non-hydrogen) atoms. The van der Waals surface area contributed by atoms with Gasteiger partial charge in [-0.1, -0.05) is 343 Å². The fourth-order valence-electron chi connectivity index (χ4n) is 10.2. The third kappa shape index (κ3) is 67.3. The van der Waals surface area contributed by atoms with Gasteiger partial charge in [0, 0.05) is 19.3 Å². The standard InChI is InChI=1S/C75H132O6/c1-4-7-10-13-16-19-22-24-26-28-30-31-32-33-34-35-36-37-38-39-40-41-42-43-45-46-48-50-53-56-59-62-65-68-74(77)80-71-72(70-79-73(76)67-64-61-58-55-52-21-18-15-12-9-6-3)81-75(78)69-66-63-60-57-54-51-49-47-44-29-27-25-23-20-17-14-11-8-5-2/h7,10,16,19,24,26,30-31,33-34,36-37,39-40,72H,4-6,8-9,11-15,17-18,20-23,25,27-29,32,35,38,41-71H2,1-3H3/b10-7-,19-16-,26-24-,31-30-,34-33-,37-36-,40-39-. The monoisotopic (exact) mass is 1130 g/mol. The van der Waals surface area contributed by atoms with Crippen LogP contribution in [0.25, 0.3) is 0 Å². The van der Waals surface area contributed by atoms with Crippen molar-refractivity contribution in [2.45, 2.75) is 361 Å². The first kappa shape index (κ1) is 77.6. The Morgan fingerprint density at radius 1 is 0.259 bits per heavy atom. The van der Waals surface area contributed by atoms with Crippen molar-refractivity contribution in [3.63, 3.8) is 0 Å². The Kier molecular flexibility index (Phi) is 66.2. The molecule has 0 aliphatic heterocycles. The smallest absolute Gasteiger partial charge is 0.306 e. The van der Waals surface area contributed by atoms with Gasteiger partial charge in [0.2, 0.25) is 0 Å². The number of esters is 3. The van der Waals surface area contributed by atoms with E-state index < -0.39 is 6.10 Å². The normalized spacial score (nSPS) is 12.6. The highest BCUT2D eigenvalue weighted by Gasteiger charge is 2.19. The Bertz CT molecular complexity index is 1530. The van der Waals surface area contributed by atoms with Gasteiger partial charge in [0.05, 0.1) is 0 Å². The van der Waals surface area contributed by atoms with Crippen molar-refractivity contribution in [2.75, 3.05) is 13.2 Å². The molecule has 0 rings (SSSR count). The molecule has 0 aliphatic carbocycles. The first-order chi connectivity index (χ1) is 40.0. The summed E-state index contributed by atoms with van der Waals surface area (Å²) >= 11 is 0. The van der Waals surface area contributed by atoms with Gasteiger partial charge in [0.15, 0.2) is 6.10 Å². The molecule has 0 saturated heterocycles. The van der Waals surface area contributed by atoms with E-state index in [4.69, 9.17) is 14.2 Å². The minimum absolute atomic E-state index is 0.0707. The third-order valence-corrected chi connectivity index (χ3v) is 15.4. The van der Waals surface area contributed by atoms with E-state index in [1.165, 1.54) is 212 Å². The van der Waals surface area contributed by atoms with Gasteiger partial charge in [-0.15, -0.1) is 0 Å². The van der Waals surface area contributed by atoms with Crippen LogP contribution in [-0.4, -0.2) is 37.2 Å². The average Bonchev–Trinajstić information content (AvgIpc) is 3.47. The Hall–Kier alpha value is -3.41. The number of unbranched alkanes of at least 4 members (excludes halogenated alkanes) is 39. The van der Waals surface area contributed by atoms with Crippen LogP contribution in [0.4, 0.5) is 0 Å². The minimum Gasteiger partial charge on any atom is -0.462 e. The van der Waals surface area contributed by atoms with Crippen molar-refractivity contribution in [1.82, 2.24) is 0 Å². The summed E-state index contributed by atoms with van der Waals surface area (Å²) in [6.07, 6.45) is 91.8. The van der Waals surface area contributed by atoms with Crippen LogP contribution in [0.1, 0.15) is 355 Å². The lowest BCUT2D eigenvalue weighted by Crippen LogP contribution is -2.30. The van der Waals surface area contributed by atoms with Crippen LogP contribution in [0.5, 0.6) is 0 Å². The minimum atomic E-state index is -0.774. The summed E-state index contributed by atoms with van der Waals surface area (Å²) in [6, 6.07) is 0. The molecule has 6 heteroatoms. The van der Waals surface area contributed by atoms with Crippen molar-refractivity contribution in [3.8, 4) is 0 Å². The van der Waals surface area contributed by atoms with Crippen LogP contribution in [0, 0.1) is 0 Å². The molecule has 0 aromatic rings. The van der Waals surface area contributed by atoms with Gasteiger partial charge in [0.25, 0.3) is 0 Å². The Labute approximate surface area is 503 Å². The van der Waals surface area contributed by atoms with Crippen LogP contribution in [0.15, 0.2) is 85.1 Å². The van der Waals surface area contributed by atoms with Crippen molar-refractivity contribution >= 4 is 17.9 Å². The van der Waals surface area contributed by atoms with Crippen LogP contribution >= 0.6 is 0 Å². The molecule has 0 N–H and O–H groups in total. The van der Waals surface area contributed by atoms with E-state index in [-0.39, 0.29) is 31.1 Å². The molecule has 1 unspecified atom stereocenters. The molecule has 0 radical (unpaired) electrons. The van der Waals surface area contributed by atoms with Crippen molar-refractivity contribution in [3.05, 3.63) is 85.1 Å². The zero-order valence-corrected chi connectivity index (χ0v) is 53.8. The molecule has 0 aromatic carbocycles. The van der Waals surface area contributed by atoms with E-state index in [2.05, 4.69) is 106 Å². The second kappa shape index (κ2) is 69.1. The molecule has 0 saturated carbocycles. The Morgan fingerprint density at radius 2 is 0.481 bits per heavy atom. The van der Waals surface area contributed by atoms with Gasteiger partial charge < -0.3 is 14.2 Å². The summed E-state index contributed by atoms with van der Waals surface area (Å²) in [4.78, 5) is 38.3. The second-order valence-electron chi connectivity index (χ2n) is 23.4. The van der Waals surface area contributed by atoms with E-state index in [0.29, 0.717) is 19.3 Å². The van der Waals surface area contributed by atoms with Gasteiger partial charge in [-0.25, -0.2) is 0 Å². The largest absolute Gasteiger partial charge is 0.462 e. The van der Waals surface area contributed by atoms with E-state index in [1.807, 2.05) is 0 Å². The van der Waals surface area contributed by atoms with E-state index in [9.17, 15) is 14.4 Å². The highest BCUT2D eigenvalue weighted by molar-refractivity contribution is 5.71. The van der Waals surface area contributed by atoms with E-state index in [1.54, 1.807) is 0 Å². The molecule has 0 aliphatic rings. The summed E-state index contributed by atoms with van der Waals surface area (Å²) in [7, 11) is 0. The van der Waals surface area contributed by atoms with Crippen LogP contribution < -0.4 is 0 Å². The molecular weight excluding hydrogens is 997 g/mol. The predicted molar refractivity (Wildman–Crippen MR) is 353 cm³/mol. The van der Waals surface area contributed by atoms with E-state index in [0.717, 1.165) is 103 Å². The SMILES string of the molecule is CC/C=C\C/C=C\C/C=C\C/C=C\C/C=C\C/C=C\C/C=C\CCCCCCCCCCCCCC(=O)OCC(COC(=O)CCCCCCCCCCCCC)OC(=O)CCCCCCCCCCCCCCCCCCCCC. The lowest BCUT2D eigenvalue weighted by molar-refractivity contribution is -0.167. The van der Waals surface area contributed by atoms with Crippen molar-refractivity contribution < 1.29 is 28.6 Å². The molecule has 0 bridgehead atoms. The number of hydrogen-bond donors (Lipinski definition) is 0. The van der Waals surface area contributed by atoms with Crippen LogP contribution in [0.3, 0.4) is 0 Å². The Morgan fingerprint density at radius 3 is 0.753 bits per heavy atom. The summed E-state index contributed by atoms with van der Waals surface area (Å²) < 4.78 is 17.0. The highest BCUT2D eigenvalue weighted by Crippen LogP contribution is 2.18. The first-order valence-corrected chi connectivity index (χ1v) is 35.1. The maximum Gasteiger partial charge on any atom is 0.306 e. The maximum atomic E-state index is 12.9. The lowest BCUT2D eigenvalue weighted by atomic mass is 10.0. The molecule has 0 heterocycles. The first-order valence-electron chi connectivity index (χ1n) is 35.1. The zero-order chi connectivity index (χ0) is 58.5. The topological polar surface area (TPSA) is 78.9 Å². The fraction of sp³-hybridized carbons (Fsp3) is 0.773. The van der Waals surface area contributed by atoms with Crippen molar-refractivity contribution in [1.29, 1.82) is 0 Å². The summed E-state index contributed by atoms with van der Waals surface area (Å²) in [6.45, 7) is 6.57. The molecule has 1 atom stereocenters. The highest BCUT2D eigenvalue weighted by atomic mass is 16.6. The van der Waals surface area contributed by atoms with Gasteiger partial charge in [-0.05, 0) is 77.0 Å². The maximum absolute atomic E-state index is 12.9. The average molecular weight is 1130 g/mol. The lowest BCUT2D eigenvalue weighted by Gasteiger charge is -2.18. The number of ether oxygens (including phenoxy) is 3. The van der Waals surface area contributed by atoms with Gasteiger partial charge in [-0.3, -0.25) is 14.4 Å². The number of carbonyl (C=O) groups excluding carboxylic acids is 3. The molecular formula is C75H132O6.